The predicted molar refractivity (Wildman–Crippen MR) is 100 cm³/mol. The number of allylic oxidation sites excluding steroid dienone is 1. The van der Waals surface area contributed by atoms with Crippen molar-refractivity contribution in [3.8, 4) is 11.5 Å². The lowest BCUT2D eigenvalue weighted by Gasteiger charge is -2.38. The number of ether oxygens (including phenoxy) is 2. The SMILES string of the molecule is Ic1cc2c(cc1CCCN1CCCC13C=CCCC3)OCO2. The summed E-state index contributed by atoms with van der Waals surface area (Å²) in [6, 6.07) is 4.28. The monoisotopic (exact) mass is 425 g/mol. The summed E-state index contributed by atoms with van der Waals surface area (Å²) in [6.07, 6.45) is 13.9. The number of benzene rings is 1. The van der Waals surface area contributed by atoms with E-state index in [1.165, 1.54) is 60.7 Å². The smallest absolute Gasteiger partial charge is 0.231 e. The molecule has 1 fully saturated rings. The second-order valence-electron chi connectivity index (χ2n) is 6.89. The number of likely N-dealkylation sites (tertiary alicyclic amines) is 1. The fourth-order valence-corrected chi connectivity index (χ4v) is 4.99. The number of rotatable bonds is 4. The van der Waals surface area contributed by atoms with Gasteiger partial charge in [0.05, 0.1) is 0 Å². The minimum atomic E-state index is 0.359. The van der Waals surface area contributed by atoms with Crippen molar-refractivity contribution in [1.29, 1.82) is 0 Å². The molecule has 0 bridgehead atoms. The van der Waals surface area contributed by atoms with Gasteiger partial charge in [-0.1, -0.05) is 12.2 Å². The molecule has 2 aliphatic heterocycles. The Morgan fingerprint density at radius 3 is 2.78 bits per heavy atom. The van der Waals surface area contributed by atoms with Crippen molar-refractivity contribution in [2.24, 2.45) is 0 Å². The molecule has 1 spiro atoms. The van der Waals surface area contributed by atoms with Crippen LogP contribution >= 0.6 is 22.6 Å². The lowest BCUT2D eigenvalue weighted by atomic mass is 9.85. The van der Waals surface area contributed by atoms with Gasteiger partial charge in [-0.25, -0.2) is 0 Å². The summed E-state index contributed by atoms with van der Waals surface area (Å²) in [4.78, 5) is 2.74. The first-order chi connectivity index (χ1) is 11.3. The standard InChI is InChI=1S/C19H24INO2/c20-16-13-18-17(22-14-23-18)12-15(16)6-4-10-21-11-5-9-19(21)7-2-1-3-8-19/h2,7,12-13H,1,3-6,8-11,14H2. The summed E-state index contributed by atoms with van der Waals surface area (Å²) in [7, 11) is 0. The average molecular weight is 425 g/mol. The molecule has 1 aliphatic carbocycles. The molecule has 1 saturated heterocycles. The Kier molecular flexibility index (Phi) is 4.54. The van der Waals surface area contributed by atoms with Crippen molar-refractivity contribution in [3.05, 3.63) is 33.4 Å². The fourth-order valence-electron chi connectivity index (χ4n) is 4.29. The Labute approximate surface area is 152 Å². The summed E-state index contributed by atoms with van der Waals surface area (Å²) >= 11 is 2.42. The molecule has 0 amide bonds. The highest BCUT2D eigenvalue weighted by Crippen LogP contribution is 2.39. The van der Waals surface area contributed by atoms with E-state index in [-0.39, 0.29) is 0 Å². The zero-order valence-electron chi connectivity index (χ0n) is 13.5. The maximum absolute atomic E-state index is 5.52. The maximum atomic E-state index is 5.52. The molecule has 0 saturated carbocycles. The van der Waals surface area contributed by atoms with E-state index < -0.39 is 0 Å². The third kappa shape index (κ3) is 3.12. The van der Waals surface area contributed by atoms with E-state index in [9.17, 15) is 0 Å². The lowest BCUT2D eigenvalue weighted by Crippen LogP contribution is -2.43. The van der Waals surface area contributed by atoms with Crippen LogP contribution < -0.4 is 9.47 Å². The number of nitrogens with zero attached hydrogens (tertiary/aromatic N) is 1. The highest BCUT2D eigenvalue weighted by molar-refractivity contribution is 14.1. The average Bonchev–Trinajstić information content (AvgIpc) is 3.16. The van der Waals surface area contributed by atoms with Crippen LogP contribution in [-0.4, -0.2) is 30.3 Å². The number of halogens is 1. The third-order valence-electron chi connectivity index (χ3n) is 5.49. The largest absolute Gasteiger partial charge is 0.454 e. The van der Waals surface area contributed by atoms with Crippen molar-refractivity contribution in [2.75, 3.05) is 19.9 Å². The molecule has 1 aromatic carbocycles. The first-order valence-corrected chi connectivity index (χ1v) is 9.86. The third-order valence-corrected chi connectivity index (χ3v) is 6.50. The van der Waals surface area contributed by atoms with E-state index >= 15 is 0 Å². The molecular weight excluding hydrogens is 401 g/mol. The van der Waals surface area contributed by atoms with Gasteiger partial charge < -0.3 is 9.47 Å². The Bertz CT molecular complexity index is 616. The Morgan fingerprint density at radius 1 is 1.13 bits per heavy atom. The zero-order valence-corrected chi connectivity index (χ0v) is 15.7. The fraction of sp³-hybridized carbons (Fsp3) is 0.579. The number of hydrogen-bond acceptors (Lipinski definition) is 3. The molecule has 1 atom stereocenters. The maximum Gasteiger partial charge on any atom is 0.231 e. The highest BCUT2D eigenvalue weighted by Gasteiger charge is 2.38. The predicted octanol–water partition coefficient (Wildman–Crippen LogP) is 4.53. The van der Waals surface area contributed by atoms with Gasteiger partial charge in [0.25, 0.3) is 0 Å². The summed E-state index contributed by atoms with van der Waals surface area (Å²) in [5.41, 5.74) is 1.78. The molecule has 0 N–H and O–H groups in total. The van der Waals surface area contributed by atoms with Crippen LogP contribution in [0.25, 0.3) is 0 Å². The molecule has 1 aromatic rings. The minimum absolute atomic E-state index is 0.359. The molecule has 23 heavy (non-hydrogen) atoms. The highest BCUT2D eigenvalue weighted by atomic mass is 127. The van der Waals surface area contributed by atoms with E-state index in [1.54, 1.807) is 0 Å². The molecule has 1 unspecified atom stereocenters. The van der Waals surface area contributed by atoms with Crippen molar-refractivity contribution < 1.29 is 9.47 Å². The van der Waals surface area contributed by atoms with Gasteiger partial charge in [0.1, 0.15) is 0 Å². The van der Waals surface area contributed by atoms with Gasteiger partial charge in [0.2, 0.25) is 6.79 Å². The van der Waals surface area contributed by atoms with Crippen LogP contribution in [0, 0.1) is 3.57 Å². The lowest BCUT2D eigenvalue weighted by molar-refractivity contribution is 0.164. The van der Waals surface area contributed by atoms with Gasteiger partial charge in [0, 0.05) is 9.11 Å². The second kappa shape index (κ2) is 6.63. The Hall–Kier alpha value is -0.750. The van der Waals surface area contributed by atoms with E-state index in [0.717, 1.165) is 17.9 Å². The quantitative estimate of drug-likeness (QED) is 0.523. The van der Waals surface area contributed by atoms with E-state index in [4.69, 9.17) is 9.47 Å². The van der Waals surface area contributed by atoms with Crippen LogP contribution in [0.3, 0.4) is 0 Å². The molecular formula is C19H24INO2. The first kappa shape index (κ1) is 15.8. The van der Waals surface area contributed by atoms with Gasteiger partial charge in [-0.3, -0.25) is 4.90 Å². The van der Waals surface area contributed by atoms with Crippen LogP contribution in [0.1, 0.15) is 44.1 Å². The van der Waals surface area contributed by atoms with Gasteiger partial charge in [0.15, 0.2) is 11.5 Å². The molecule has 2 heterocycles. The molecule has 0 radical (unpaired) electrons. The molecule has 4 rings (SSSR count). The number of aryl methyl sites for hydroxylation is 1. The van der Waals surface area contributed by atoms with Gasteiger partial charge in [-0.2, -0.15) is 0 Å². The molecule has 3 nitrogen and oxygen atoms in total. The molecule has 4 heteroatoms. The molecule has 0 aromatic heterocycles. The summed E-state index contributed by atoms with van der Waals surface area (Å²) in [5.74, 6) is 1.80. The second-order valence-corrected chi connectivity index (χ2v) is 8.05. The normalized spacial score (nSPS) is 26.3. The van der Waals surface area contributed by atoms with E-state index in [2.05, 4.69) is 51.8 Å². The molecule has 124 valence electrons. The molecule has 3 aliphatic rings. The van der Waals surface area contributed by atoms with Gasteiger partial charge in [-0.05, 0) is 98.3 Å². The van der Waals surface area contributed by atoms with Crippen molar-refractivity contribution in [1.82, 2.24) is 4.90 Å². The minimum Gasteiger partial charge on any atom is -0.454 e. The van der Waals surface area contributed by atoms with Crippen LogP contribution in [0.5, 0.6) is 11.5 Å². The number of hydrogen-bond donors (Lipinski definition) is 0. The Balaban J connectivity index is 1.38. The van der Waals surface area contributed by atoms with Gasteiger partial charge >= 0.3 is 0 Å². The summed E-state index contributed by atoms with van der Waals surface area (Å²) in [5, 5.41) is 0. The number of fused-ring (bicyclic) bond motifs is 1. The topological polar surface area (TPSA) is 21.7 Å². The zero-order chi connectivity index (χ0) is 15.7. The van der Waals surface area contributed by atoms with Crippen molar-refractivity contribution >= 4 is 22.6 Å². The summed E-state index contributed by atoms with van der Waals surface area (Å²) < 4.78 is 12.3. The van der Waals surface area contributed by atoms with Crippen molar-refractivity contribution in [3.63, 3.8) is 0 Å². The van der Waals surface area contributed by atoms with Gasteiger partial charge in [-0.15, -0.1) is 0 Å². The van der Waals surface area contributed by atoms with E-state index in [0.29, 0.717) is 12.3 Å². The van der Waals surface area contributed by atoms with Crippen LogP contribution in [0.15, 0.2) is 24.3 Å². The van der Waals surface area contributed by atoms with E-state index in [1.807, 2.05) is 0 Å². The Morgan fingerprint density at radius 2 is 1.96 bits per heavy atom. The van der Waals surface area contributed by atoms with Crippen LogP contribution in [0.2, 0.25) is 0 Å². The van der Waals surface area contributed by atoms with Crippen LogP contribution in [0.4, 0.5) is 0 Å². The van der Waals surface area contributed by atoms with Crippen LogP contribution in [-0.2, 0) is 6.42 Å². The first-order valence-electron chi connectivity index (χ1n) is 8.78. The summed E-state index contributed by atoms with van der Waals surface area (Å²) in [6.45, 7) is 2.83. The van der Waals surface area contributed by atoms with Crippen molar-refractivity contribution in [2.45, 2.75) is 50.5 Å².